The number of aliphatic hydroxyl groups is 1. The number of carboxylic acid groups (broad SMARTS) is 1. The molecule has 1 unspecified atom stereocenters. The Morgan fingerprint density at radius 1 is 1.71 bits per heavy atom. The summed E-state index contributed by atoms with van der Waals surface area (Å²) in [5, 5.41) is 15.9. The number of ether oxygens (including phenoxy) is 2. The molecule has 0 saturated carbocycles. The third-order valence-corrected chi connectivity index (χ3v) is 1.33. The van der Waals surface area contributed by atoms with Crippen LogP contribution in [0.3, 0.4) is 0 Å². The number of hydrogen-bond donors (Lipinski definition) is 2. The van der Waals surface area contributed by atoms with Crippen molar-refractivity contribution in [2.24, 2.45) is 0 Å². The Bertz CT molecular complexity index is 165. The minimum atomic E-state index is -0.981. The van der Waals surface area contributed by atoms with Gasteiger partial charge in [-0.15, -0.1) is 0 Å². The van der Waals surface area contributed by atoms with Crippen LogP contribution < -0.4 is 0 Å². The second kappa shape index (κ2) is 8.68. The van der Waals surface area contributed by atoms with Crippen molar-refractivity contribution in [3.8, 4) is 0 Å². The zero-order valence-electron chi connectivity index (χ0n) is 8.02. The standard InChI is InChI=1S/C6H12O3.C3H4O2/c7-2-1-3-8-4-6-5-9-6;1-2-3(4)5/h6-7H,1-5H2;2H,1H2,(H,4,5). The normalized spacial score (nSPS) is 17.9. The van der Waals surface area contributed by atoms with E-state index in [9.17, 15) is 4.79 Å². The lowest BCUT2D eigenvalue weighted by molar-refractivity contribution is -0.131. The summed E-state index contributed by atoms with van der Waals surface area (Å²) in [6, 6.07) is 0. The molecule has 0 bridgehead atoms. The average molecular weight is 204 g/mol. The molecule has 1 fully saturated rings. The molecule has 0 aliphatic carbocycles. The van der Waals surface area contributed by atoms with Crippen molar-refractivity contribution < 1.29 is 24.5 Å². The zero-order chi connectivity index (χ0) is 10.8. The molecule has 82 valence electrons. The van der Waals surface area contributed by atoms with Crippen LogP contribution in [-0.2, 0) is 14.3 Å². The Labute approximate surface area is 82.9 Å². The van der Waals surface area contributed by atoms with Crippen LogP contribution in [0.2, 0.25) is 0 Å². The maximum atomic E-state index is 9.25. The van der Waals surface area contributed by atoms with Crippen LogP contribution in [0.25, 0.3) is 0 Å². The number of epoxide rings is 1. The van der Waals surface area contributed by atoms with Gasteiger partial charge in [0.25, 0.3) is 0 Å². The largest absolute Gasteiger partial charge is 0.478 e. The molecule has 1 heterocycles. The molecule has 2 N–H and O–H groups in total. The molecule has 0 aromatic rings. The van der Waals surface area contributed by atoms with Gasteiger partial charge in [-0.05, 0) is 6.42 Å². The highest BCUT2D eigenvalue weighted by atomic mass is 16.6. The van der Waals surface area contributed by atoms with Gasteiger partial charge in [0, 0.05) is 19.3 Å². The number of aliphatic hydroxyl groups excluding tert-OH is 1. The van der Waals surface area contributed by atoms with E-state index in [1.54, 1.807) is 0 Å². The van der Waals surface area contributed by atoms with Crippen LogP contribution in [0.15, 0.2) is 12.7 Å². The van der Waals surface area contributed by atoms with E-state index in [-0.39, 0.29) is 6.61 Å². The fourth-order valence-corrected chi connectivity index (χ4v) is 0.546. The van der Waals surface area contributed by atoms with Crippen LogP contribution >= 0.6 is 0 Å². The average Bonchev–Trinajstić information content (AvgIpc) is 2.97. The Balaban J connectivity index is 0.000000292. The monoisotopic (exact) mass is 204 g/mol. The molecule has 0 radical (unpaired) electrons. The Kier molecular flexibility index (Phi) is 8.11. The van der Waals surface area contributed by atoms with E-state index in [4.69, 9.17) is 19.7 Å². The highest BCUT2D eigenvalue weighted by molar-refractivity contribution is 5.78. The van der Waals surface area contributed by atoms with E-state index < -0.39 is 5.97 Å². The first-order valence-corrected chi connectivity index (χ1v) is 4.36. The van der Waals surface area contributed by atoms with Crippen molar-refractivity contribution in [3.05, 3.63) is 12.7 Å². The fourth-order valence-electron chi connectivity index (χ4n) is 0.546. The molecular weight excluding hydrogens is 188 g/mol. The second-order valence-corrected chi connectivity index (χ2v) is 2.65. The molecule has 0 amide bonds. The van der Waals surface area contributed by atoms with Gasteiger partial charge in [0.2, 0.25) is 0 Å². The topological polar surface area (TPSA) is 79.3 Å². The van der Waals surface area contributed by atoms with Gasteiger partial charge in [-0.1, -0.05) is 6.58 Å². The summed E-state index contributed by atoms with van der Waals surface area (Å²) in [5.74, 6) is -0.981. The van der Waals surface area contributed by atoms with Crippen LogP contribution in [0.4, 0.5) is 0 Å². The molecule has 1 atom stereocenters. The smallest absolute Gasteiger partial charge is 0.327 e. The summed E-state index contributed by atoms with van der Waals surface area (Å²) in [4.78, 5) is 9.25. The number of hydrogen-bond acceptors (Lipinski definition) is 4. The molecule has 1 rings (SSSR count). The lowest BCUT2D eigenvalue weighted by atomic mass is 10.5. The van der Waals surface area contributed by atoms with Crippen molar-refractivity contribution in [2.45, 2.75) is 12.5 Å². The fraction of sp³-hybridized carbons (Fsp3) is 0.667. The quantitative estimate of drug-likeness (QED) is 0.363. The van der Waals surface area contributed by atoms with Crippen LogP contribution in [-0.4, -0.2) is 48.7 Å². The van der Waals surface area contributed by atoms with E-state index in [2.05, 4.69) is 6.58 Å². The van der Waals surface area contributed by atoms with E-state index in [0.717, 1.165) is 19.1 Å². The van der Waals surface area contributed by atoms with E-state index >= 15 is 0 Å². The van der Waals surface area contributed by atoms with Crippen molar-refractivity contribution >= 4 is 5.97 Å². The molecule has 0 aromatic heterocycles. The van der Waals surface area contributed by atoms with E-state index in [1.165, 1.54) is 0 Å². The van der Waals surface area contributed by atoms with Crippen molar-refractivity contribution in [1.29, 1.82) is 0 Å². The van der Waals surface area contributed by atoms with Gasteiger partial charge in [-0.3, -0.25) is 0 Å². The van der Waals surface area contributed by atoms with Crippen LogP contribution in [0, 0.1) is 0 Å². The number of rotatable bonds is 6. The minimum Gasteiger partial charge on any atom is -0.478 e. The molecule has 1 aliphatic heterocycles. The summed E-state index contributed by atoms with van der Waals surface area (Å²) >= 11 is 0. The van der Waals surface area contributed by atoms with Crippen molar-refractivity contribution in [3.63, 3.8) is 0 Å². The van der Waals surface area contributed by atoms with Crippen molar-refractivity contribution in [2.75, 3.05) is 26.4 Å². The molecule has 5 heteroatoms. The zero-order valence-corrected chi connectivity index (χ0v) is 8.02. The van der Waals surface area contributed by atoms with E-state index in [1.807, 2.05) is 0 Å². The highest BCUT2D eigenvalue weighted by Crippen LogP contribution is 2.08. The second-order valence-electron chi connectivity index (χ2n) is 2.65. The first-order valence-electron chi connectivity index (χ1n) is 4.36. The Hall–Kier alpha value is -0.910. The van der Waals surface area contributed by atoms with Gasteiger partial charge in [-0.25, -0.2) is 4.79 Å². The third-order valence-electron chi connectivity index (χ3n) is 1.33. The van der Waals surface area contributed by atoms with Crippen molar-refractivity contribution in [1.82, 2.24) is 0 Å². The summed E-state index contributed by atoms with van der Waals surface area (Å²) < 4.78 is 10.0. The molecule has 0 aromatic carbocycles. The van der Waals surface area contributed by atoms with Gasteiger partial charge >= 0.3 is 5.97 Å². The molecule has 1 aliphatic rings. The lowest BCUT2D eigenvalue weighted by Crippen LogP contribution is -2.03. The summed E-state index contributed by atoms with van der Waals surface area (Å²) in [5.41, 5.74) is 0. The minimum absolute atomic E-state index is 0.214. The summed E-state index contributed by atoms with van der Waals surface area (Å²) in [6.45, 7) is 5.36. The van der Waals surface area contributed by atoms with Crippen LogP contribution in [0.5, 0.6) is 0 Å². The Morgan fingerprint density at radius 2 is 2.29 bits per heavy atom. The van der Waals surface area contributed by atoms with Gasteiger partial charge in [0.1, 0.15) is 6.10 Å². The first kappa shape index (κ1) is 13.1. The molecule has 1 saturated heterocycles. The predicted molar refractivity (Wildman–Crippen MR) is 50.1 cm³/mol. The van der Waals surface area contributed by atoms with Gasteiger partial charge in [0.15, 0.2) is 0 Å². The number of carboxylic acids is 1. The highest BCUT2D eigenvalue weighted by Gasteiger charge is 2.21. The maximum Gasteiger partial charge on any atom is 0.327 e. The van der Waals surface area contributed by atoms with Gasteiger partial charge in [-0.2, -0.15) is 0 Å². The number of aliphatic carboxylic acids is 1. The predicted octanol–water partition coefficient (Wildman–Crippen LogP) is 0.0412. The maximum absolute atomic E-state index is 9.25. The molecule has 14 heavy (non-hydrogen) atoms. The first-order chi connectivity index (χ1) is 6.70. The van der Waals surface area contributed by atoms with E-state index in [0.29, 0.717) is 19.3 Å². The molecular formula is C9H16O5. The summed E-state index contributed by atoms with van der Waals surface area (Å²) in [6.07, 6.45) is 1.91. The third kappa shape index (κ3) is 11.1. The molecule has 5 nitrogen and oxygen atoms in total. The SMILES string of the molecule is C=CC(=O)O.OCCCOCC1CO1. The number of carbonyl (C=O) groups is 1. The molecule has 0 spiro atoms. The van der Waals surface area contributed by atoms with Gasteiger partial charge in [0.05, 0.1) is 13.2 Å². The van der Waals surface area contributed by atoms with Crippen LogP contribution in [0.1, 0.15) is 6.42 Å². The lowest BCUT2D eigenvalue weighted by Gasteiger charge is -1.97. The summed E-state index contributed by atoms with van der Waals surface area (Å²) in [7, 11) is 0. The Morgan fingerprint density at radius 3 is 2.64 bits per heavy atom. The van der Waals surface area contributed by atoms with Gasteiger partial charge < -0.3 is 19.7 Å².